The lowest BCUT2D eigenvalue weighted by molar-refractivity contribution is -0.313. The van der Waals surface area contributed by atoms with E-state index in [4.69, 9.17) is 14.2 Å². The van der Waals surface area contributed by atoms with E-state index in [2.05, 4.69) is 60.6 Å². The summed E-state index contributed by atoms with van der Waals surface area (Å²) in [6.07, 6.45) is 26.9. The summed E-state index contributed by atoms with van der Waals surface area (Å²) in [4.78, 5) is 12.6. The highest BCUT2D eigenvalue weighted by Crippen LogP contribution is 2.67. The van der Waals surface area contributed by atoms with Crippen LogP contribution in [-0.4, -0.2) is 64.7 Å². The molecule has 1 heterocycles. The monoisotopic (exact) mass is 813 g/mol. The maximum Gasteiger partial charge on any atom is 0.305 e. The van der Waals surface area contributed by atoms with E-state index in [0.717, 1.165) is 68.6 Å². The van der Waals surface area contributed by atoms with Gasteiger partial charge in [-0.25, -0.2) is 0 Å². The molecule has 334 valence electrons. The second kappa shape index (κ2) is 22.7. The number of rotatable bonds is 23. The van der Waals surface area contributed by atoms with E-state index in [1.165, 1.54) is 108 Å². The van der Waals surface area contributed by atoms with Crippen molar-refractivity contribution in [2.75, 3.05) is 6.61 Å². The lowest BCUT2D eigenvalue weighted by Gasteiger charge is -2.58. The fraction of sp³-hybridized carbons (Fsp3) is 0.902. The number of fused-ring (bicyclic) bond motifs is 5. The molecule has 3 saturated carbocycles. The first-order valence-electron chi connectivity index (χ1n) is 24.7. The molecule has 0 aromatic carbocycles. The van der Waals surface area contributed by atoms with Crippen molar-refractivity contribution in [2.45, 2.75) is 239 Å². The van der Waals surface area contributed by atoms with Crippen LogP contribution in [-0.2, 0) is 19.0 Å². The van der Waals surface area contributed by atoms with Crippen LogP contribution in [0.15, 0.2) is 23.3 Å². The van der Waals surface area contributed by atoms with Crippen LogP contribution in [0.1, 0.15) is 203 Å². The Hall–Kier alpha value is -1.25. The predicted molar refractivity (Wildman–Crippen MR) is 235 cm³/mol. The molecule has 0 radical (unpaired) electrons. The van der Waals surface area contributed by atoms with Crippen molar-refractivity contribution in [3.63, 3.8) is 0 Å². The van der Waals surface area contributed by atoms with Gasteiger partial charge in [0.2, 0.25) is 0 Å². The molecule has 7 nitrogen and oxygen atoms in total. The Morgan fingerprint density at radius 1 is 0.828 bits per heavy atom. The molecule has 58 heavy (non-hydrogen) atoms. The van der Waals surface area contributed by atoms with Crippen LogP contribution in [0.2, 0.25) is 0 Å². The summed E-state index contributed by atoms with van der Waals surface area (Å²) < 4.78 is 18.0. The van der Waals surface area contributed by atoms with E-state index in [1.54, 1.807) is 5.57 Å². The molecular formula is C51H88O7. The largest absolute Gasteiger partial charge is 0.463 e. The molecule has 1 aliphatic heterocycles. The van der Waals surface area contributed by atoms with Crippen LogP contribution in [0.3, 0.4) is 0 Å². The summed E-state index contributed by atoms with van der Waals surface area (Å²) in [7, 11) is 0. The molecule has 7 heteroatoms. The maximum absolute atomic E-state index is 12.6. The van der Waals surface area contributed by atoms with Gasteiger partial charge in [0.05, 0.1) is 6.10 Å². The fourth-order valence-electron chi connectivity index (χ4n) is 13.0. The molecule has 0 spiro atoms. The standard InChI is InChI=1S/C51H88O7/c1-8-10-11-12-13-14-15-16-17-18-19-20-21-22-45(52)56-34-44-46(53)47(54)48(55)49(58-44)57-39-29-31-50(6)38(33-39)25-26-40-42-28-27-41(51(42,7)32-30-43(40)50)36(5)23-24-37(9-2)35(3)4/h9,25,35-36,39-44,46-49,53-55H,8,10-24,26-34H2,1-7H3/b37-9-/t36-,39+,40+,41-,42+,43+,44-,46-,47+,48-,49-,50+,51-/m1/s1. The third-order valence-electron chi connectivity index (χ3n) is 16.7. The minimum Gasteiger partial charge on any atom is -0.463 e. The van der Waals surface area contributed by atoms with Gasteiger partial charge in [0.25, 0.3) is 0 Å². The number of carbonyl (C=O) groups excluding carboxylic acids is 1. The highest BCUT2D eigenvalue weighted by atomic mass is 16.7. The van der Waals surface area contributed by atoms with E-state index in [-0.39, 0.29) is 24.1 Å². The van der Waals surface area contributed by atoms with Crippen LogP contribution in [0.5, 0.6) is 0 Å². The van der Waals surface area contributed by atoms with Crippen molar-refractivity contribution in [3.05, 3.63) is 23.3 Å². The first kappa shape index (κ1) is 47.8. The zero-order valence-electron chi connectivity index (χ0n) is 38.2. The quantitative estimate of drug-likeness (QED) is 0.0536. The van der Waals surface area contributed by atoms with Crippen LogP contribution in [0.25, 0.3) is 0 Å². The van der Waals surface area contributed by atoms with Crippen molar-refractivity contribution in [1.29, 1.82) is 0 Å². The average molecular weight is 813 g/mol. The smallest absolute Gasteiger partial charge is 0.305 e. The third-order valence-corrected chi connectivity index (χ3v) is 16.7. The van der Waals surface area contributed by atoms with Gasteiger partial charge in [0, 0.05) is 6.42 Å². The Kier molecular flexibility index (Phi) is 18.7. The Bertz CT molecular complexity index is 1310. The van der Waals surface area contributed by atoms with Gasteiger partial charge in [-0.2, -0.15) is 0 Å². The van der Waals surface area contributed by atoms with Gasteiger partial charge in [-0.15, -0.1) is 0 Å². The van der Waals surface area contributed by atoms with Crippen molar-refractivity contribution >= 4 is 5.97 Å². The fourth-order valence-corrected chi connectivity index (χ4v) is 13.0. The summed E-state index contributed by atoms with van der Waals surface area (Å²) in [5.41, 5.74) is 3.71. The third kappa shape index (κ3) is 11.8. The van der Waals surface area contributed by atoms with Crippen molar-refractivity contribution in [1.82, 2.24) is 0 Å². The van der Waals surface area contributed by atoms with Crippen molar-refractivity contribution < 1.29 is 34.3 Å². The zero-order chi connectivity index (χ0) is 41.9. The number of unbranched alkanes of at least 4 members (excludes halogenated alkanes) is 12. The lowest BCUT2D eigenvalue weighted by Crippen LogP contribution is -2.60. The van der Waals surface area contributed by atoms with Crippen LogP contribution >= 0.6 is 0 Å². The number of hydrogen-bond acceptors (Lipinski definition) is 7. The van der Waals surface area contributed by atoms with Gasteiger partial charge >= 0.3 is 5.97 Å². The minimum absolute atomic E-state index is 0.143. The Morgan fingerprint density at radius 3 is 2.12 bits per heavy atom. The topological polar surface area (TPSA) is 105 Å². The van der Waals surface area contributed by atoms with Crippen LogP contribution in [0.4, 0.5) is 0 Å². The minimum atomic E-state index is -1.44. The number of aliphatic hydroxyl groups excluding tert-OH is 3. The number of carbonyl (C=O) groups is 1. The molecule has 0 amide bonds. The summed E-state index contributed by atoms with van der Waals surface area (Å²) in [6, 6.07) is 0. The zero-order valence-corrected chi connectivity index (χ0v) is 38.2. The van der Waals surface area contributed by atoms with Crippen molar-refractivity contribution in [2.24, 2.45) is 46.3 Å². The number of esters is 1. The van der Waals surface area contributed by atoms with Gasteiger partial charge in [-0.05, 0) is 124 Å². The number of hydrogen-bond donors (Lipinski definition) is 3. The molecule has 0 aromatic rings. The molecule has 13 atom stereocenters. The van der Waals surface area contributed by atoms with Gasteiger partial charge in [-0.1, -0.05) is 142 Å². The molecule has 4 aliphatic carbocycles. The van der Waals surface area contributed by atoms with Gasteiger partial charge < -0.3 is 29.5 Å². The second-order valence-electron chi connectivity index (χ2n) is 20.7. The number of allylic oxidation sites excluding steroid dienone is 3. The van der Waals surface area contributed by atoms with E-state index < -0.39 is 30.7 Å². The normalized spacial score (nSPS) is 36.9. The van der Waals surface area contributed by atoms with E-state index >= 15 is 0 Å². The van der Waals surface area contributed by atoms with E-state index in [1.807, 2.05) is 0 Å². The maximum atomic E-state index is 12.6. The second-order valence-corrected chi connectivity index (χ2v) is 20.7. The summed E-state index contributed by atoms with van der Waals surface area (Å²) in [5.74, 6) is 4.14. The molecule has 0 aromatic heterocycles. The molecule has 0 bridgehead atoms. The van der Waals surface area contributed by atoms with E-state index in [9.17, 15) is 20.1 Å². The highest BCUT2D eigenvalue weighted by Gasteiger charge is 2.59. The summed E-state index contributed by atoms with van der Waals surface area (Å²) >= 11 is 0. The molecule has 3 N–H and O–H groups in total. The number of ether oxygens (including phenoxy) is 3. The van der Waals surface area contributed by atoms with Crippen LogP contribution < -0.4 is 0 Å². The Balaban J connectivity index is 1.04. The SMILES string of the molecule is C/C=C(/CC[C@@H](C)[C@H]1CC[C@H]2[C@@H]3CC=C4C[C@@H](O[C@@H]5O[C@H](COC(=O)CCCCCCCCCCCCCCC)[C@@H](O)[C@H](O)[C@H]5O)CC[C@]4(C)[C@H]3CC[C@]12C)C(C)C. The lowest BCUT2D eigenvalue weighted by atomic mass is 9.47. The molecule has 5 rings (SSSR count). The Morgan fingerprint density at radius 2 is 1.48 bits per heavy atom. The van der Waals surface area contributed by atoms with Crippen LogP contribution in [0, 0.1) is 46.3 Å². The Labute approximate surface area is 354 Å². The molecule has 4 fully saturated rings. The average Bonchev–Trinajstić information content (AvgIpc) is 3.56. The first-order valence-corrected chi connectivity index (χ1v) is 24.7. The van der Waals surface area contributed by atoms with E-state index in [0.29, 0.717) is 23.7 Å². The summed E-state index contributed by atoms with van der Waals surface area (Å²) in [6.45, 7) is 16.7. The molecular weight excluding hydrogens is 725 g/mol. The molecule has 1 saturated heterocycles. The van der Waals surface area contributed by atoms with Crippen molar-refractivity contribution in [3.8, 4) is 0 Å². The first-order chi connectivity index (χ1) is 27.8. The highest BCUT2D eigenvalue weighted by molar-refractivity contribution is 5.69. The van der Waals surface area contributed by atoms with Gasteiger partial charge in [-0.3, -0.25) is 4.79 Å². The molecule has 5 aliphatic rings. The predicted octanol–water partition coefficient (Wildman–Crippen LogP) is 11.8. The molecule has 0 unspecified atom stereocenters. The summed E-state index contributed by atoms with van der Waals surface area (Å²) in [5, 5.41) is 32.5. The van der Waals surface area contributed by atoms with Gasteiger partial charge in [0.1, 0.15) is 31.0 Å². The number of aliphatic hydroxyl groups is 3. The van der Waals surface area contributed by atoms with Gasteiger partial charge in [0.15, 0.2) is 6.29 Å².